The van der Waals surface area contributed by atoms with Gasteiger partial charge in [0.05, 0.1) is 0 Å². The number of halogens is 1. The molecule has 0 saturated carbocycles. The number of carbonyl (C=O) groups is 1. The minimum atomic E-state index is -0.474. The van der Waals surface area contributed by atoms with E-state index in [1.807, 2.05) is 6.92 Å². The Morgan fingerprint density at radius 3 is 2.69 bits per heavy atom. The molecule has 3 heteroatoms. The van der Waals surface area contributed by atoms with Crippen molar-refractivity contribution >= 4 is 5.91 Å². The lowest BCUT2D eigenvalue weighted by Gasteiger charge is -2.06. The summed E-state index contributed by atoms with van der Waals surface area (Å²) in [5.41, 5.74) is 1.34. The summed E-state index contributed by atoms with van der Waals surface area (Å²) in [6.45, 7) is 5.68. The van der Waals surface area contributed by atoms with E-state index in [1.165, 1.54) is 6.08 Å². The monoisotopic (exact) mass is 181 g/mol. The Kier molecular flexibility index (Phi) is 2.66. The van der Waals surface area contributed by atoms with Gasteiger partial charge in [0.15, 0.2) is 0 Å². The number of rotatable bonds is 2. The van der Waals surface area contributed by atoms with Crippen molar-refractivity contribution in [3.8, 4) is 0 Å². The van der Waals surface area contributed by atoms with Crippen molar-refractivity contribution in [2.75, 3.05) is 13.6 Å². The molecule has 1 amide bonds. The zero-order valence-electron chi connectivity index (χ0n) is 7.80. The van der Waals surface area contributed by atoms with Gasteiger partial charge in [-0.1, -0.05) is 6.58 Å². The average molecular weight is 181 g/mol. The molecule has 2 nitrogen and oxygen atoms in total. The number of nitrogens with zero attached hydrogens (tertiary/aromatic N) is 1. The van der Waals surface area contributed by atoms with Gasteiger partial charge in [-0.3, -0.25) is 4.79 Å². The Bertz CT molecular complexity index is 315. The van der Waals surface area contributed by atoms with Crippen molar-refractivity contribution in [3.05, 3.63) is 35.7 Å². The van der Waals surface area contributed by atoms with Gasteiger partial charge < -0.3 is 4.90 Å². The summed E-state index contributed by atoms with van der Waals surface area (Å²) >= 11 is 0. The lowest BCUT2D eigenvalue weighted by Crippen LogP contribution is -2.21. The standard InChI is InChI=1S/C10H12FNO/c1-4-8(11)5-9-7(2)6-12(3)10(9)13/h4-5H,1,6H2,2-3H3/b8-5+. The molecule has 0 fully saturated rings. The molecule has 0 aliphatic carbocycles. The number of carbonyl (C=O) groups excluding carboxylic acids is 1. The van der Waals surface area contributed by atoms with E-state index in [0.29, 0.717) is 12.1 Å². The largest absolute Gasteiger partial charge is 0.338 e. The van der Waals surface area contributed by atoms with Crippen molar-refractivity contribution in [1.29, 1.82) is 0 Å². The summed E-state index contributed by atoms with van der Waals surface area (Å²) in [5, 5.41) is 0. The van der Waals surface area contributed by atoms with Crippen LogP contribution in [0.5, 0.6) is 0 Å². The fourth-order valence-corrected chi connectivity index (χ4v) is 1.28. The Balaban J connectivity index is 2.98. The van der Waals surface area contributed by atoms with E-state index in [-0.39, 0.29) is 5.91 Å². The van der Waals surface area contributed by atoms with Gasteiger partial charge in [-0.2, -0.15) is 0 Å². The second-order valence-electron chi connectivity index (χ2n) is 3.09. The van der Waals surface area contributed by atoms with Gasteiger partial charge >= 0.3 is 0 Å². The summed E-state index contributed by atoms with van der Waals surface area (Å²) in [7, 11) is 1.69. The summed E-state index contributed by atoms with van der Waals surface area (Å²) in [4.78, 5) is 12.9. The van der Waals surface area contributed by atoms with Crippen molar-refractivity contribution < 1.29 is 9.18 Å². The Labute approximate surface area is 77.0 Å². The number of allylic oxidation sites excluding steroid dienone is 2. The molecule has 0 bridgehead atoms. The van der Waals surface area contributed by atoms with Gasteiger partial charge in [0.2, 0.25) is 0 Å². The molecule has 1 rings (SSSR count). The molecule has 0 aromatic heterocycles. The molecule has 1 aliphatic heterocycles. The zero-order valence-corrected chi connectivity index (χ0v) is 7.80. The van der Waals surface area contributed by atoms with Crippen LogP contribution in [0.4, 0.5) is 4.39 Å². The van der Waals surface area contributed by atoms with E-state index < -0.39 is 5.83 Å². The van der Waals surface area contributed by atoms with Gasteiger partial charge in [-0.05, 0) is 24.6 Å². The molecule has 0 atom stereocenters. The highest BCUT2D eigenvalue weighted by Gasteiger charge is 2.23. The molecular formula is C10H12FNO. The number of hydrogen-bond acceptors (Lipinski definition) is 1. The summed E-state index contributed by atoms with van der Waals surface area (Å²) in [6.07, 6.45) is 2.32. The van der Waals surface area contributed by atoms with Gasteiger partial charge in [-0.25, -0.2) is 4.39 Å². The Morgan fingerprint density at radius 1 is 1.69 bits per heavy atom. The van der Waals surface area contributed by atoms with Crippen molar-refractivity contribution in [2.24, 2.45) is 0 Å². The molecule has 1 aliphatic rings. The van der Waals surface area contributed by atoms with E-state index in [0.717, 1.165) is 11.6 Å². The van der Waals surface area contributed by atoms with Crippen molar-refractivity contribution in [3.63, 3.8) is 0 Å². The number of amides is 1. The molecule has 70 valence electrons. The first-order valence-corrected chi connectivity index (χ1v) is 4.01. The van der Waals surface area contributed by atoms with Crippen LogP contribution < -0.4 is 0 Å². The second-order valence-corrected chi connectivity index (χ2v) is 3.09. The first-order chi connectivity index (χ1) is 6.06. The third-order valence-corrected chi connectivity index (χ3v) is 1.99. The molecule has 0 aromatic rings. The minimum Gasteiger partial charge on any atom is -0.338 e. The van der Waals surface area contributed by atoms with Crippen LogP contribution in [-0.2, 0) is 4.79 Å². The van der Waals surface area contributed by atoms with E-state index >= 15 is 0 Å². The smallest absolute Gasteiger partial charge is 0.253 e. The molecule has 0 radical (unpaired) electrons. The average Bonchev–Trinajstić information content (AvgIpc) is 2.32. The fourth-order valence-electron chi connectivity index (χ4n) is 1.28. The lowest BCUT2D eigenvalue weighted by molar-refractivity contribution is -0.124. The fraction of sp³-hybridized carbons (Fsp3) is 0.300. The molecule has 0 saturated heterocycles. The van der Waals surface area contributed by atoms with Crippen LogP contribution >= 0.6 is 0 Å². The van der Waals surface area contributed by atoms with E-state index in [9.17, 15) is 9.18 Å². The van der Waals surface area contributed by atoms with Crippen molar-refractivity contribution in [1.82, 2.24) is 4.90 Å². The SMILES string of the molecule is C=C/C(F)=C\C1=C(C)CN(C)C1=O. The van der Waals surface area contributed by atoms with Gasteiger partial charge in [0.1, 0.15) is 5.83 Å². The third-order valence-electron chi connectivity index (χ3n) is 1.99. The quantitative estimate of drug-likeness (QED) is 0.595. The molecule has 1 heterocycles. The first-order valence-electron chi connectivity index (χ1n) is 4.01. The van der Waals surface area contributed by atoms with Crippen LogP contribution in [0, 0.1) is 0 Å². The van der Waals surface area contributed by atoms with Crippen LogP contribution in [0.2, 0.25) is 0 Å². The Hall–Kier alpha value is -1.38. The second kappa shape index (κ2) is 3.56. The van der Waals surface area contributed by atoms with Crippen molar-refractivity contribution in [2.45, 2.75) is 6.92 Å². The van der Waals surface area contributed by atoms with E-state index in [2.05, 4.69) is 6.58 Å². The normalized spacial score (nSPS) is 18.5. The number of hydrogen-bond donors (Lipinski definition) is 0. The summed E-state index contributed by atoms with van der Waals surface area (Å²) in [6, 6.07) is 0. The maximum Gasteiger partial charge on any atom is 0.253 e. The van der Waals surface area contributed by atoms with Crippen LogP contribution in [0.3, 0.4) is 0 Å². The minimum absolute atomic E-state index is 0.130. The summed E-state index contributed by atoms with van der Waals surface area (Å²) < 4.78 is 12.8. The highest BCUT2D eigenvalue weighted by molar-refractivity contribution is 5.99. The van der Waals surface area contributed by atoms with E-state index in [1.54, 1.807) is 11.9 Å². The van der Waals surface area contributed by atoms with Crippen LogP contribution in [-0.4, -0.2) is 24.4 Å². The lowest BCUT2D eigenvalue weighted by atomic mass is 10.1. The zero-order chi connectivity index (χ0) is 10.0. The number of likely N-dealkylation sites (N-methyl/N-ethyl adjacent to an activating group) is 1. The Morgan fingerprint density at radius 2 is 2.31 bits per heavy atom. The molecular weight excluding hydrogens is 169 g/mol. The predicted molar refractivity (Wildman–Crippen MR) is 49.7 cm³/mol. The van der Waals surface area contributed by atoms with Crippen LogP contribution in [0.1, 0.15) is 6.92 Å². The topological polar surface area (TPSA) is 20.3 Å². The molecule has 0 N–H and O–H groups in total. The third kappa shape index (κ3) is 1.86. The first kappa shape index (κ1) is 9.71. The highest BCUT2D eigenvalue weighted by Crippen LogP contribution is 2.19. The van der Waals surface area contributed by atoms with Gasteiger partial charge in [0, 0.05) is 19.2 Å². The van der Waals surface area contributed by atoms with E-state index in [4.69, 9.17) is 0 Å². The highest BCUT2D eigenvalue weighted by atomic mass is 19.1. The summed E-state index contributed by atoms with van der Waals surface area (Å²) in [5.74, 6) is -0.604. The van der Waals surface area contributed by atoms with Crippen LogP contribution in [0.15, 0.2) is 35.7 Å². The maximum atomic E-state index is 12.8. The predicted octanol–water partition coefficient (Wildman–Crippen LogP) is 1.81. The van der Waals surface area contributed by atoms with Gasteiger partial charge in [-0.15, -0.1) is 0 Å². The molecule has 13 heavy (non-hydrogen) atoms. The molecule has 0 unspecified atom stereocenters. The maximum absolute atomic E-state index is 12.8. The van der Waals surface area contributed by atoms with Gasteiger partial charge in [0.25, 0.3) is 5.91 Å². The van der Waals surface area contributed by atoms with Crippen LogP contribution in [0.25, 0.3) is 0 Å². The molecule has 0 spiro atoms. The molecule has 0 aromatic carbocycles.